The van der Waals surface area contributed by atoms with Crippen molar-refractivity contribution in [1.29, 1.82) is 0 Å². The molecular weight excluding hydrogens is 420 g/mol. The minimum absolute atomic E-state index is 0.0997. The average molecular weight is 439 g/mol. The topological polar surface area (TPSA) is 33.6 Å². The molecule has 0 saturated heterocycles. The Labute approximate surface area is 172 Å². The molecule has 0 radical (unpaired) electrons. The number of hydrogen-bond acceptors (Lipinski definition) is 4. The number of hydrogen-bond donors (Lipinski definition) is 1. The van der Waals surface area contributed by atoms with Gasteiger partial charge in [0, 0.05) is 5.56 Å². The third-order valence-corrected chi connectivity index (χ3v) is 6.09. The van der Waals surface area contributed by atoms with Crippen molar-refractivity contribution in [3.8, 4) is 5.75 Å². The van der Waals surface area contributed by atoms with E-state index in [1.807, 2.05) is 24.3 Å². The molecule has 0 fully saturated rings. The molecule has 1 heterocycles. The average Bonchev–Trinajstić information content (AvgIpc) is 3.19. The lowest BCUT2D eigenvalue weighted by atomic mass is 10.2. The first-order chi connectivity index (χ1) is 13.2. The maximum Gasteiger partial charge on any atom is 0.134 e. The Morgan fingerprint density at radius 2 is 1.81 bits per heavy atom. The zero-order chi connectivity index (χ0) is 18.6. The number of nitrogens with one attached hydrogen (secondary N) is 1. The third kappa shape index (κ3) is 4.37. The van der Waals surface area contributed by atoms with Crippen LogP contribution in [0.15, 0.2) is 82.4 Å². The van der Waals surface area contributed by atoms with Crippen LogP contribution in [0.1, 0.15) is 27.6 Å². The number of benzene rings is 3. The number of aryl methyl sites for hydroxylation is 1. The predicted molar refractivity (Wildman–Crippen MR) is 116 cm³/mol. The van der Waals surface area contributed by atoms with Crippen molar-refractivity contribution in [2.24, 2.45) is 5.10 Å². The molecule has 0 unspecified atom stereocenters. The maximum atomic E-state index is 5.97. The molecule has 1 atom stereocenters. The molecule has 3 aromatic carbocycles. The first-order valence-corrected chi connectivity index (χ1v) is 10.4. The molecule has 3 aromatic rings. The molecule has 1 aliphatic rings. The van der Waals surface area contributed by atoms with E-state index in [4.69, 9.17) is 4.74 Å². The molecule has 4 rings (SSSR count). The molecule has 0 aromatic heterocycles. The van der Waals surface area contributed by atoms with Gasteiger partial charge in [0.1, 0.15) is 22.8 Å². The maximum absolute atomic E-state index is 5.97. The van der Waals surface area contributed by atoms with Gasteiger partial charge in [0.15, 0.2) is 0 Å². The lowest BCUT2D eigenvalue weighted by molar-refractivity contribution is 0.304. The molecule has 0 saturated carbocycles. The first kappa shape index (κ1) is 18.1. The molecule has 0 spiro atoms. The van der Waals surface area contributed by atoms with Crippen LogP contribution in [0.25, 0.3) is 0 Å². The minimum Gasteiger partial charge on any atom is -0.488 e. The summed E-state index contributed by atoms with van der Waals surface area (Å²) < 4.78 is 6.91. The first-order valence-electron chi connectivity index (χ1n) is 8.72. The molecule has 0 bridgehead atoms. The van der Waals surface area contributed by atoms with Crippen molar-refractivity contribution in [2.45, 2.75) is 18.9 Å². The Kier molecular flexibility index (Phi) is 5.50. The number of rotatable bonds is 5. The predicted octanol–water partition coefficient (Wildman–Crippen LogP) is 6.03. The van der Waals surface area contributed by atoms with Crippen molar-refractivity contribution in [1.82, 2.24) is 5.43 Å². The Balaban J connectivity index is 1.41. The second-order valence-electron chi connectivity index (χ2n) is 6.37. The summed E-state index contributed by atoms with van der Waals surface area (Å²) in [7, 11) is 0. The SMILES string of the molecule is Cc1ccc(COc2ccc([C@@H]3NN=C(c4ccccc4)S3)cc2Br)cc1. The van der Waals surface area contributed by atoms with Gasteiger partial charge in [0.05, 0.1) is 4.47 Å². The quantitative estimate of drug-likeness (QED) is 0.527. The Morgan fingerprint density at radius 3 is 2.56 bits per heavy atom. The standard InChI is InChI=1S/C22H19BrN2OS/c1-15-7-9-16(10-8-15)14-26-20-12-11-18(13-19(20)23)22-25-24-21(27-22)17-5-3-2-4-6-17/h2-13,22,25H,14H2,1H3/t22-/m1/s1. The van der Waals surface area contributed by atoms with Gasteiger partial charge in [0.2, 0.25) is 0 Å². The van der Waals surface area contributed by atoms with Crippen LogP contribution in [0.2, 0.25) is 0 Å². The highest BCUT2D eigenvalue weighted by Gasteiger charge is 2.22. The molecule has 27 heavy (non-hydrogen) atoms. The minimum atomic E-state index is 0.0997. The van der Waals surface area contributed by atoms with E-state index in [1.165, 1.54) is 5.56 Å². The van der Waals surface area contributed by atoms with Gasteiger partial charge in [0.25, 0.3) is 0 Å². The monoisotopic (exact) mass is 438 g/mol. The number of nitrogens with zero attached hydrogens (tertiary/aromatic N) is 1. The Hall–Kier alpha value is -2.24. The van der Waals surface area contributed by atoms with Crippen LogP contribution < -0.4 is 10.2 Å². The summed E-state index contributed by atoms with van der Waals surface area (Å²) in [6, 6.07) is 24.8. The second kappa shape index (κ2) is 8.19. The van der Waals surface area contributed by atoms with Crippen LogP contribution in [-0.4, -0.2) is 5.04 Å². The number of halogens is 1. The fraction of sp³-hybridized carbons (Fsp3) is 0.136. The fourth-order valence-corrected chi connectivity index (χ4v) is 4.28. The number of thioether (sulfide) groups is 1. The van der Waals surface area contributed by atoms with Gasteiger partial charge in [-0.25, -0.2) is 0 Å². The second-order valence-corrected chi connectivity index (χ2v) is 8.32. The van der Waals surface area contributed by atoms with Crippen molar-refractivity contribution >= 4 is 32.7 Å². The van der Waals surface area contributed by atoms with Gasteiger partial charge in [-0.1, -0.05) is 78.0 Å². The van der Waals surface area contributed by atoms with E-state index in [9.17, 15) is 0 Å². The summed E-state index contributed by atoms with van der Waals surface area (Å²) in [5.74, 6) is 0.839. The third-order valence-electron chi connectivity index (χ3n) is 4.31. The Bertz CT molecular complexity index is 958. The van der Waals surface area contributed by atoms with E-state index < -0.39 is 0 Å². The van der Waals surface area contributed by atoms with E-state index in [0.717, 1.165) is 32.0 Å². The van der Waals surface area contributed by atoms with E-state index in [-0.39, 0.29) is 5.37 Å². The summed E-state index contributed by atoms with van der Waals surface area (Å²) in [4.78, 5) is 0. The van der Waals surface area contributed by atoms with Crippen molar-refractivity contribution in [2.75, 3.05) is 0 Å². The normalized spacial score (nSPS) is 15.9. The lowest BCUT2D eigenvalue weighted by Crippen LogP contribution is -2.06. The summed E-state index contributed by atoms with van der Waals surface area (Å²) in [5.41, 5.74) is 7.92. The van der Waals surface area contributed by atoms with Gasteiger partial charge in [-0.2, -0.15) is 5.10 Å². The van der Waals surface area contributed by atoms with Crippen LogP contribution in [0.5, 0.6) is 5.75 Å². The van der Waals surface area contributed by atoms with E-state index in [1.54, 1.807) is 11.8 Å². The summed E-state index contributed by atoms with van der Waals surface area (Å²) in [5, 5.41) is 5.59. The zero-order valence-electron chi connectivity index (χ0n) is 14.9. The molecule has 5 heteroatoms. The van der Waals surface area contributed by atoms with E-state index >= 15 is 0 Å². The van der Waals surface area contributed by atoms with Gasteiger partial charge >= 0.3 is 0 Å². The van der Waals surface area contributed by atoms with Gasteiger partial charge in [-0.3, -0.25) is 5.43 Å². The van der Waals surface area contributed by atoms with Gasteiger partial charge < -0.3 is 4.74 Å². The van der Waals surface area contributed by atoms with Crippen LogP contribution in [0.4, 0.5) is 0 Å². The smallest absolute Gasteiger partial charge is 0.134 e. The Morgan fingerprint density at radius 1 is 1.04 bits per heavy atom. The lowest BCUT2D eigenvalue weighted by Gasteiger charge is -2.13. The highest BCUT2D eigenvalue weighted by Crippen LogP contribution is 2.37. The molecular formula is C22H19BrN2OS. The largest absolute Gasteiger partial charge is 0.488 e. The van der Waals surface area contributed by atoms with Crippen LogP contribution in [0.3, 0.4) is 0 Å². The van der Waals surface area contributed by atoms with Crippen LogP contribution in [0, 0.1) is 6.92 Å². The highest BCUT2D eigenvalue weighted by molar-refractivity contribution is 9.10. The molecule has 1 N–H and O–H groups in total. The molecule has 3 nitrogen and oxygen atoms in total. The number of ether oxygens (including phenoxy) is 1. The molecule has 0 aliphatic carbocycles. The van der Waals surface area contributed by atoms with Gasteiger partial charge in [-0.05, 0) is 46.1 Å². The van der Waals surface area contributed by atoms with E-state index in [0.29, 0.717) is 6.61 Å². The van der Waals surface area contributed by atoms with Crippen LogP contribution in [-0.2, 0) is 6.61 Å². The molecule has 136 valence electrons. The molecule has 1 aliphatic heterocycles. The highest BCUT2D eigenvalue weighted by atomic mass is 79.9. The fourth-order valence-electron chi connectivity index (χ4n) is 2.78. The van der Waals surface area contributed by atoms with Crippen molar-refractivity contribution < 1.29 is 4.74 Å². The summed E-state index contributed by atoms with van der Waals surface area (Å²) in [6.45, 7) is 2.64. The van der Waals surface area contributed by atoms with E-state index in [2.05, 4.69) is 81.9 Å². The number of hydrazone groups is 1. The van der Waals surface area contributed by atoms with Crippen LogP contribution >= 0.6 is 27.7 Å². The van der Waals surface area contributed by atoms with Crippen molar-refractivity contribution in [3.05, 3.63) is 99.5 Å². The van der Waals surface area contributed by atoms with Gasteiger partial charge in [-0.15, -0.1) is 0 Å². The van der Waals surface area contributed by atoms with Crippen molar-refractivity contribution in [3.63, 3.8) is 0 Å². The summed E-state index contributed by atoms with van der Waals surface area (Å²) in [6.07, 6.45) is 0. The molecule has 0 amide bonds. The summed E-state index contributed by atoms with van der Waals surface area (Å²) >= 11 is 5.36. The zero-order valence-corrected chi connectivity index (χ0v) is 17.3.